The van der Waals surface area contributed by atoms with Crippen molar-refractivity contribution in [3.8, 4) is 5.75 Å². The van der Waals surface area contributed by atoms with Crippen LogP contribution >= 0.6 is 0 Å². The van der Waals surface area contributed by atoms with E-state index in [1.165, 1.54) is 36.0 Å². The fourth-order valence-corrected chi connectivity index (χ4v) is 4.34. The lowest BCUT2D eigenvalue weighted by atomic mass is 9.96. The zero-order valence-corrected chi connectivity index (χ0v) is 17.1. The van der Waals surface area contributed by atoms with Crippen molar-refractivity contribution in [1.29, 1.82) is 0 Å². The highest BCUT2D eigenvalue weighted by Gasteiger charge is 2.31. The van der Waals surface area contributed by atoms with Crippen molar-refractivity contribution in [2.75, 3.05) is 0 Å². The molecule has 0 heterocycles. The fourth-order valence-electron chi connectivity index (χ4n) is 4.34. The molecule has 0 radical (unpaired) electrons. The van der Waals surface area contributed by atoms with Crippen LogP contribution in [-0.2, 0) is 4.74 Å². The first kappa shape index (κ1) is 19.3. The summed E-state index contributed by atoms with van der Waals surface area (Å²) in [6.45, 7) is 4.50. The molecule has 0 aromatic heterocycles. The molecule has 148 valence electrons. The van der Waals surface area contributed by atoms with Crippen molar-refractivity contribution in [3.63, 3.8) is 0 Å². The summed E-state index contributed by atoms with van der Waals surface area (Å²) in [5, 5.41) is 0. The number of benzene rings is 2. The maximum atomic E-state index is 6.56. The molecular weight excluding hydrogens is 344 g/mol. The molecule has 2 heteroatoms. The predicted molar refractivity (Wildman–Crippen MR) is 116 cm³/mol. The van der Waals surface area contributed by atoms with Gasteiger partial charge < -0.3 is 9.47 Å². The highest BCUT2D eigenvalue weighted by atomic mass is 16.7. The lowest BCUT2D eigenvalue weighted by Crippen LogP contribution is -2.32. The summed E-state index contributed by atoms with van der Waals surface area (Å²) >= 11 is 0. The molecule has 1 saturated carbocycles. The third kappa shape index (κ3) is 4.33. The van der Waals surface area contributed by atoms with Crippen LogP contribution in [-0.4, -0.2) is 12.4 Å². The highest BCUT2D eigenvalue weighted by molar-refractivity contribution is 5.62. The van der Waals surface area contributed by atoms with E-state index in [9.17, 15) is 0 Å². The molecular formula is C26H32O2. The first-order valence-corrected chi connectivity index (χ1v) is 10.9. The first-order valence-electron chi connectivity index (χ1n) is 10.9. The number of hydrogen-bond acceptors (Lipinski definition) is 2. The van der Waals surface area contributed by atoms with Crippen molar-refractivity contribution in [1.82, 2.24) is 0 Å². The molecule has 28 heavy (non-hydrogen) atoms. The topological polar surface area (TPSA) is 18.5 Å². The third-order valence-electron chi connectivity index (χ3n) is 6.32. The molecule has 2 aromatic rings. The van der Waals surface area contributed by atoms with Crippen molar-refractivity contribution in [2.45, 2.75) is 76.6 Å². The Bertz CT molecular complexity index is 786. The van der Waals surface area contributed by atoms with Crippen LogP contribution in [0.5, 0.6) is 5.75 Å². The van der Waals surface area contributed by atoms with E-state index < -0.39 is 0 Å². The van der Waals surface area contributed by atoms with Crippen molar-refractivity contribution >= 4 is 6.08 Å². The van der Waals surface area contributed by atoms with Gasteiger partial charge in [-0.15, -0.1) is 0 Å². The van der Waals surface area contributed by atoms with E-state index in [-0.39, 0.29) is 12.2 Å². The van der Waals surface area contributed by atoms with Gasteiger partial charge in [0, 0.05) is 0 Å². The smallest absolute Gasteiger partial charge is 0.210 e. The van der Waals surface area contributed by atoms with Gasteiger partial charge in [0.15, 0.2) is 0 Å². The quantitative estimate of drug-likeness (QED) is 0.481. The normalized spacial score (nSPS) is 21.3. The monoisotopic (exact) mass is 376 g/mol. The summed E-state index contributed by atoms with van der Waals surface area (Å²) in [7, 11) is 0. The van der Waals surface area contributed by atoms with Crippen molar-refractivity contribution in [3.05, 3.63) is 71.3 Å². The predicted octanol–water partition coefficient (Wildman–Crippen LogP) is 7.06. The van der Waals surface area contributed by atoms with Gasteiger partial charge in [-0.2, -0.15) is 0 Å². The van der Waals surface area contributed by atoms with Crippen LogP contribution in [0.3, 0.4) is 0 Å². The Labute approximate surface area is 169 Å². The van der Waals surface area contributed by atoms with Gasteiger partial charge in [-0.25, -0.2) is 0 Å². The Balaban J connectivity index is 1.54. The SMILES string of the molecule is CCC(C)c1ccc(OC(OC2CCCCC2)C2C=Cc3ccccc32)cc1. The molecule has 2 aliphatic rings. The van der Waals surface area contributed by atoms with E-state index in [0.717, 1.165) is 25.0 Å². The van der Waals surface area contributed by atoms with Crippen LogP contribution in [0.15, 0.2) is 54.6 Å². The summed E-state index contributed by atoms with van der Waals surface area (Å²) < 4.78 is 13.0. The standard InChI is InChI=1S/C26H32O2/c1-3-19(2)20-13-16-23(17-14-20)28-26(27-22-10-5-4-6-11-22)25-18-15-21-9-7-8-12-24(21)25/h7-9,12-19,22,25-26H,3-6,10-11H2,1-2H3. The Morgan fingerprint density at radius 1 is 0.964 bits per heavy atom. The van der Waals surface area contributed by atoms with Gasteiger partial charge in [-0.1, -0.05) is 81.7 Å². The first-order chi connectivity index (χ1) is 13.7. The molecule has 0 spiro atoms. The van der Waals surface area contributed by atoms with E-state index in [0.29, 0.717) is 12.0 Å². The molecule has 3 atom stereocenters. The van der Waals surface area contributed by atoms with Gasteiger partial charge in [0.1, 0.15) is 5.75 Å². The number of ether oxygens (including phenoxy) is 2. The van der Waals surface area contributed by atoms with E-state index in [1.54, 1.807) is 0 Å². The minimum atomic E-state index is -0.280. The van der Waals surface area contributed by atoms with Crippen LogP contribution in [0.1, 0.15) is 80.9 Å². The second kappa shape index (κ2) is 8.96. The summed E-state index contributed by atoms with van der Waals surface area (Å²) in [5.41, 5.74) is 3.95. The highest BCUT2D eigenvalue weighted by Crippen LogP contribution is 2.36. The Kier molecular flexibility index (Phi) is 6.17. The van der Waals surface area contributed by atoms with Crippen LogP contribution < -0.4 is 4.74 Å². The van der Waals surface area contributed by atoms with Gasteiger partial charge in [0.25, 0.3) is 0 Å². The Hall–Kier alpha value is -2.06. The average Bonchev–Trinajstić information content (AvgIpc) is 3.18. The Morgan fingerprint density at radius 2 is 1.71 bits per heavy atom. The molecule has 2 nitrogen and oxygen atoms in total. The van der Waals surface area contributed by atoms with Crippen molar-refractivity contribution < 1.29 is 9.47 Å². The van der Waals surface area contributed by atoms with Crippen LogP contribution in [0.25, 0.3) is 6.08 Å². The zero-order chi connectivity index (χ0) is 19.3. The lowest BCUT2D eigenvalue weighted by molar-refractivity contribution is -0.134. The van der Waals surface area contributed by atoms with Gasteiger partial charge in [0.2, 0.25) is 6.29 Å². The number of hydrogen-bond donors (Lipinski definition) is 0. The van der Waals surface area contributed by atoms with E-state index in [4.69, 9.17) is 9.47 Å². The lowest BCUT2D eigenvalue weighted by Gasteiger charge is -2.31. The molecule has 0 aliphatic heterocycles. The zero-order valence-electron chi connectivity index (χ0n) is 17.1. The van der Waals surface area contributed by atoms with Crippen LogP contribution in [0.2, 0.25) is 0 Å². The van der Waals surface area contributed by atoms with Gasteiger partial charge >= 0.3 is 0 Å². The second-order valence-electron chi connectivity index (χ2n) is 8.27. The fraction of sp³-hybridized carbons (Fsp3) is 0.462. The summed E-state index contributed by atoms with van der Waals surface area (Å²) in [6.07, 6.45) is 11.8. The van der Waals surface area contributed by atoms with E-state index in [1.807, 2.05) is 0 Å². The number of rotatable bonds is 7. The summed E-state index contributed by atoms with van der Waals surface area (Å²) in [6, 6.07) is 17.2. The molecule has 0 amide bonds. The molecule has 0 N–H and O–H groups in total. The Morgan fingerprint density at radius 3 is 2.46 bits per heavy atom. The minimum absolute atomic E-state index is 0.146. The molecule has 2 aromatic carbocycles. The molecule has 3 unspecified atom stereocenters. The van der Waals surface area contributed by atoms with E-state index in [2.05, 4.69) is 74.5 Å². The van der Waals surface area contributed by atoms with Crippen molar-refractivity contribution in [2.24, 2.45) is 0 Å². The molecule has 4 rings (SSSR count). The van der Waals surface area contributed by atoms with Crippen LogP contribution in [0.4, 0.5) is 0 Å². The van der Waals surface area contributed by atoms with E-state index >= 15 is 0 Å². The maximum absolute atomic E-state index is 6.56. The molecule has 1 fully saturated rings. The summed E-state index contributed by atoms with van der Waals surface area (Å²) in [5.74, 6) is 1.62. The summed E-state index contributed by atoms with van der Waals surface area (Å²) in [4.78, 5) is 0. The van der Waals surface area contributed by atoms with Gasteiger partial charge in [0.05, 0.1) is 12.0 Å². The average molecular weight is 377 g/mol. The van der Waals surface area contributed by atoms with Gasteiger partial charge in [-0.3, -0.25) is 0 Å². The second-order valence-corrected chi connectivity index (χ2v) is 8.27. The molecule has 2 aliphatic carbocycles. The van der Waals surface area contributed by atoms with Gasteiger partial charge in [-0.05, 0) is 54.0 Å². The van der Waals surface area contributed by atoms with Crippen LogP contribution in [0, 0.1) is 0 Å². The largest absolute Gasteiger partial charge is 0.464 e. The maximum Gasteiger partial charge on any atom is 0.210 e. The minimum Gasteiger partial charge on any atom is -0.464 e. The third-order valence-corrected chi connectivity index (χ3v) is 6.32. The number of fused-ring (bicyclic) bond motifs is 1. The molecule has 0 bridgehead atoms. The molecule has 0 saturated heterocycles.